The molecule has 9 heteroatoms. The lowest BCUT2D eigenvalue weighted by atomic mass is 10.2. The molecule has 0 N–H and O–H groups in total. The number of halogens is 4. The molecule has 0 aromatic heterocycles. The first-order valence-electron chi connectivity index (χ1n) is 5.51. The Kier molecular flexibility index (Phi) is 4.22. The second kappa shape index (κ2) is 5.46. The van der Waals surface area contributed by atoms with Crippen molar-refractivity contribution >= 4 is 37.3 Å². The number of ether oxygens (including phenoxy) is 1. The first kappa shape index (κ1) is 15.5. The highest BCUT2D eigenvalue weighted by Gasteiger charge is 2.30. The Morgan fingerprint density at radius 1 is 1.40 bits per heavy atom. The summed E-state index contributed by atoms with van der Waals surface area (Å²) in [6.07, 6.45) is 1.83. The molecule has 1 aliphatic carbocycles. The molecule has 2 rings (SSSR count). The quantitative estimate of drug-likeness (QED) is 0.478. The molecule has 1 saturated carbocycles. The van der Waals surface area contributed by atoms with Gasteiger partial charge in [-0.15, -0.1) is 0 Å². The molecule has 0 heterocycles. The topological polar surface area (TPSA) is 60.4 Å². The van der Waals surface area contributed by atoms with Gasteiger partial charge in [-0.1, -0.05) is 11.6 Å². The third-order valence-electron chi connectivity index (χ3n) is 2.73. The van der Waals surface area contributed by atoms with Crippen molar-refractivity contribution in [2.24, 2.45) is 5.92 Å². The fourth-order valence-electron chi connectivity index (χ4n) is 1.50. The van der Waals surface area contributed by atoms with Crippen molar-refractivity contribution in [1.82, 2.24) is 0 Å². The van der Waals surface area contributed by atoms with Crippen LogP contribution in [-0.2, 0) is 13.8 Å². The summed E-state index contributed by atoms with van der Waals surface area (Å²) in [6.45, 7) is 0.122. The van der Waals surface area contributed by atoms with E-state index >= 15 is 0 Å². The maximum absolute atomic E-state index is 13.5. The largest absolute Gasteiger partial charge is 0.462 e. The zero-order chi connectivity index (χ0) is 15.1. The molecule has 0 atom stereocenters. The van der Waals surface area contributed by atoms with Crippen molar-refractivity contribution in [3.63, 3.8) is 0 Å². The van der Waals surface area contributed by atoms with Crippen LogP contribution in [0.3, 0.4) is 0 Å². The minimum Gasteiger partial charge on any atom is -0.462 e. The van der Waals surface area contributed by atoms with E-state index in [4.69, 9.17) is 27.0 Å². The molecule has 1 aromatic carbocycles. The van der Waals surface area contributed by atoms with Gasteiger partial charge in [0.25, 0.3) is 9.05 Å². The molecule has 0 radical (unpaired) electrons. The van der Waals surface area contributed by atoms with E-state index < -0.39 is 42.1 Å². The molecule has 110 valence electrons. The molecule has 4 nitrogen and oxygen atoms in total. The second-order valence-corrected chi connectivity index (χ2v) is 7.22. The first-order valence-corrected chi connectivity index (χ1v) is 8.20. The van der Waals surface area contributed by atoms with Gasteiger partial charge < -0.3 is 4.74 Å². The van der Waals surface area contributed by atoms with Gasteiger partial charge in [-0.05, 0) is 24.8 Å². The summed E-state index contributed by atoms with van der Waals surface area (Å²) in [5.41, 5.74) is -0.578. The number of benzene rings is 1. The molecule has 0 amide bonds. The Labute approximate surface area is 123 Å². The Morgan fingerprint density at radius 2 is 2.00 bits per heavy atom. The number of carbonyl (C=O) groups is 1. The average molecular weight is 345 g/mol. The maximum atomic E-state index is 13.5. The number of carbonyl (C=O) groups excluding carboxylic acids is 1. The van der Waals surface area contributed by atoms with E-state index in [2.05, 4.69) is 0 Å². The van der Waals surface area contributed by atoms with E-state index in [1.807, 2.05) is 0 Å². The SMILES string of the molecule is O=C(OCC1CC1)c1cc(F)c(F)c(S(=O)(=O)Cl)c1Cl. The highest BCUT2D eigenvalue weighted by Crippen LogP contribution is 2.34. The van der Waals surface area contributed by atoms with E-state index in [0.29, 0.717) is 6.07 Å². The standard InChI is InChI=1S/C11H8Cl2F2O4S/c12-8-6(11(16)19-4-5-1-2-5)3-7(14)9(15)10(8)20(13,17)18/h3,5H,1-2,4H2. The van der Waals surface area contributed by atoms with Gasteiger partial charge in [-0.2, -0.15) is 0 Å². The monoisotopic (exact) mass is 344 g/mol. The van der Waals surface area contributed by atoms with Crippen LogP contribution in [0.25, 0.3) is 0 Å². The minimum absolute atomic E-state index is 0.122. The van der Waals surface area contributed by atoms with E-state index in [0.717, 1.165) is 12.8 Å². The van der Waals surface area contributed by atoms with E-state index in [1.165, 1.54) is 0 Å². The van der Waals surface area contributed by atoms with Crippen LogP contribution in [0.2, 0.25) is 5.02 Å². The summed E-state index contributed by atoms with van der Waals surface area (Å²) in [7, 11) is 0.340. The molecule has 1 aromatic rings. The molecule has 0 bridgehead atoms. The number of hydrogen-bond donors (Lipinski definition) is 0. The molecule has 0 spiro atoms. The lowest BCUT2D eigenvalue weighted by Crippen LogP contribution is -2.12. The zero-order valence-electron chi connectivity index (χ0n) is 9.83. The van der Waals surface area contributed by atoms with Crippen LogP contribution < -0.4 is 0 Å². The van der Waals surface area contributed by atoms with Gasteiger partial charge in [0, 0.05) is 10.7 Å². The van der Waals surface area contributed by atoms with Crippen LogP contribution in [0.15, 0.2) is 11.0 Å². The van der Waals surface area contributed by atoms with Crippen LogP contribution in [0, 0.1) is 17.6 Å². The maximum Gasteiger partial charge on any atom is 0.339 e. The van der Waals surface area contributed by atoms with E-state index in [-0.39, 0.29) is 12.5 Å². The second-order valence-electron chi connectivity index (χ2n) is 4.34. The molecule has 0 unspecified atom stereocenters. The summed E-state index contributed by atoms with van der Waals surface area (Å²) in [5, 5.41) is -0.792. The Morgan fingerprint density at radius 3 is 2.50 bits per heavy atom. The van der Waals surface area contributed by atoms with Crippen LogP contribution in [0.4, 0.5) is 8.78 Å². The van der Waals surface area contributed by atoms with Gasteiger partial charge in [0.1, 0.15) is 4.90 Å². The highest BCUT2D eigenvalue weighted by molar-refractivity contribution is 8.13. The smallest absolute Gasteiger partial charge is 0.339 e. The minimum atomic E-state index is -4.64. The molecular formula is C11H8Cl2F2O4S. The third-order valence-corrected chi connectivity index (χ3v) is 4.57. The summed E-state index contributed by atoms with van der Waals surface area (Å²) >= 11 is 5.63. The molecule has 1 fully saturated rings. The van der Waals surface area contributed by atoms with Gasteiger partial charge in [0.2, 0.25) is 0 Å². The normalized spacial score (nSPS) is 15.2. The predicted octanol–water partition coefficient (Wildman–Crippen LogP) is 3.11. The number of hydrogen-bond acceptors (Lipinski definition) is 4. The van der Waals surface area contributed by atoms with Gasteiger partial charge >= 0.3 is 5.97 Å². The number of esters is 1. The number of rotatable bonds is 4. The van der Waals surface area contributed by atoms with Gasteiger partial charge in [0.05, 0.1) is 17.2 Å². The molecule has 0 aliphatic heterocycles. The van der Waals surface area contributed by atoms with Gasteiger partial charge in [-0.25, -0.2) is 22.0 Å². The van der Waals surface area contributed by atoms with Gasteiger partial charge in [-0.3, -0.25) is 0 Å². The van der Waals surface area contributed by atoms with Crippen LogP contribution in [0.1, 0.15) is 23.2 Å². The van der Waals surface area contributed by atoms with Crippen molar-refractivity contribution in [2.45, 2.75) is 17.7 Å². The van der Waals surface area contributed by atoms with Gasteiger partial charge in [0.15, 0.2) is 11.6 Å². The predicted molar refractivity (Wildman–Crippen MR) is 67.4 cm³/mol. The lowest BCUT2D eigenvalue weighted by molar-refractivity contribution is 0.0485. The summed E-state index contributed by atoms with van der Waals surface area (Å²) < 4.78 is 54.1. The van der Waals surface area contributed by atoms with Crippen LogP contribution in [0.5, 0.6) is 0 Å². The summed E-state index contributed by atoms with van der Waals surface area (Å²) in [6, 6.07) is 0.485. The zero-order valence-corrected chi connectivity index (χ0v) is 12.2. The van der Waals surface area contributed by atoms with E-state index in [1.54, 1.807) is 0 Å². The Hall–Kier alpha value is -0.920. The highest BCUT2D eigenvalue weighted by atomic mass is 35.7. The Balaban J connectivity index is 2.43. The van der Waals surface area contributed by atoms with Crippen molar-refractivity contribution in [1.29, 1.82) is 0 Å². The molecular weight excluding hydrogens is 337 g/mol. The van der Waals surface area contributed by atoms with Crippen LogP contribution in [-0.4, -0.2) is 21.0 Å². The third kappa shape index (κ3) is 3.21. The Bertz CT molecular complexity index is 671. The lowest BCUT2D eigenvalue weighted by Gasteiger charge is -2.09. The van der Waals surface area contributed by atoms with Crippen molar-refractivity contribution in [3.05, 3.63) is 28.3 Å². The fourth-order valence-corrected chi connectivity index (χ4v) is 3.21. The fraction of sp³-hybridized carbons (Fsp3) is 0.364. The first-order chi connectivity index (χ1) is 9.21. The van der Waals surface area contributed by atoms with Crippen molar-refractivity contribution < 1.29 is 26.7 Å². The van der Waals surface area contributed by atoms with Crippen molar-refractivity contribution in [2.75, 3.05) is 6.61 Å². The molecule has 0 saturated heterocycles. The van der Waals surface area contributed by atoms with Crippen molar-refractivity contribution in [3.8, 4) is 0 Å². The van der Waals surface area contributed by atoms with Crippen LogP contribution >= 0.6 is 22.3 Å². The van der Waals surface area contributed by atoms with E-state index in [9.17, 15) is 22.0 Å². The summed E-state index contributed by atoms with van der Waals surface area (Å²) in [5.74, 6) is -4.06. The average Bonchev–Trinajstić information content (AvgIpc) is 3.13. The molecule has 20 heavy (non-hydrogen) atoms. The molecule has 1 aliphatic rings. The summed E-state index contributed by atoms with van der Waals surface area (Å²) in [4.78, 5) is 10.4.